The molecule has 0 bridgehead atoms. The van der Waals surface area contributed by atoms with Gasteiger partial charge in [-0.05, 0) is 24.1 Å². The van der Waals surface area contributed by atoms with Crippen molar-refractivity contribution in [2.45, 2.75) is 26.2 Å². The van der Waals surface area contributed by atoms with Crippen LogP contribution in [0.25, 0.3) is 0 Å². The van der Waals surface area contributed by atoms with Crippen molar-refractivity contribution in [2.24, 2.45) is 7.05 Å². The lowest BCUT2D eigenvalue weighted by atomic mass is 10.1. The zero-order chi connectivity index (χ0) is 12.3. The fourth-order valence-corrected chi connectivity index (χ4v) is 1.78. The molecule has 1 aromatic carbocycles. The molecule has 4 nitrogen and oxygen atoms in total. The number of anilines is 1. The Bertz CT molecular complexity index is 485. The average molecular weight is 230 g/mol. The minimum atomic E-state index is 0.790. The molecule has 0 radical (unpaired) electrons. The Morgan fingerprint density at radius 2 is 1.94 bits per heavy atom. The minimum Gasteiger partial charge on any atom is -0.399 e. The number of hydrogen-bond donors (Lipinski definition) is 1. The molecular formula is C13H18N4. The Morgan fingerprint density at radius 1 is 1.24 bits per heavy atom. The highest BCUT2D eigenvalue weighted by Gasteiger charge is 2.07. The van der Waals surface area contributed by atoms with Crippen LogP contribution in [0.3, 0.4) is 0 Å². The average Bonchev–Trinajstić information content (AvgIpc) is 2.63. The van der Waals surface area contributed by atoms with Gasteiger partial charge >= 0.3 is 0 Å². The van der Waals surface area contributed by atoms with Crippen molar-refractivity contribution in [2.75, 3.05) is 5.73 Å². The molecular weight excluding hydrogens is 212 g/mol. The largest absolute Gasteiger partial charge is 0.399 e. The van der Waals surface area contributed by atoms with Gasteiger partial charge in [0.25, 0.3) is 0 Å². The summed E-state index contributed by atoms with van der Waals surface area (Å²) in [5.41, 5.74) is 7.66. The second kappa shape index (κ2) is 4.99. The van der Waals surface area contributed by atoms with Crippen molar-refractivity contribution in [1.29, 1.82) is 0 Å². The standard InChI is InChI=1S/C13H18N4/c1-3-4-12-15-13(17(2)16-12)9-10-5-7-11(14)8-6-10/h5-8H,3-4,9,14H2,1-2H3. The first-order chi connectivity index (χ1) is 8.19. The van der Waals surface area contributed by atoms with Crippen molar-refractivity contribution in [3.8, 4) is 0 Å². The molecule has 0 amide bonds. The summed E-state index contributed by atoms with van der Waals surface area (Å²) in [6.07, 6.45) is 2.81. The molecule has 0 aliphatic rings. The van der Waals surface area contributed by atoms with Crippen LogP contribution in [0.5, 0.6) is 0 Å². The fourth-order valence-electron chi connectivity index (χ4n) is 1.78. The van der Waals surface area contributed by atoms with Crippen molar-refractivity contribution in [1.82, 2.24) is 14.8 Å². The van der Waals surface area contributed by atoms with Gasteiger partial charge in [-0.1, -0.05) is 19.1 Å². The van der Waals surface area contributed by atoms with Crippen LogP contribution >= 0.6 is 0 Å². The fraction of sp³-hybridized carbons (Fsp3) is 0.385. The summed E-state index contributed by atoms with van der Waals surface area (Å²) in [5.74, 6) is 1.93. The molecule has 0 saturated heterocycles. The van der Waals surface area contributed by atoms with E-state index in [0.29, 0.717) is 0 Å². The number of aromatic nitrogens is 3. The third-order valence-corrected chi connectivity index (χ3v) is 2.71. The third kappa shape index (κ3) is 2.84. The second-order valence-electron chi connectivity index (χ2n) is 4.24. The lowest BCUT2D eigenvalue weighted by Gasteiger charge is -2.01. The molecule has 90 valence electrons. The van der Waals surface area contributed by atoms with E-state index in [4.69, 9.17) is 5.73 Å². The molecule has 0 aliphatic carbocycles. The summed E-state index contributed by atoms with van der Waals surface area (Å²) in [6.45, 7) is 2.13. The summed E-state index contributed by atoms with van der Waals surface area (Å²) in [6, 6.07) is 7.89. The number of aryl methyl sites for hydroxylation is 2. The zero-order valence-electron chi connectivity index (χ0n) is 10.3. The second-order valence-corrected chi connectivity index (χ2v) is 4.24. The maximum absolute atomic E-state index is 5.66. The normalized spacial score (nSPS) is 10.7. The van der Waals surface area contributed by atoms with Crippen LogP contribution in [0.4, 0.5) is 5.69 Å². The zero-order valence-corrected chi connectivity index (χ0v) is 10.3. The van der Waals surface area contributed by atoms with Gasteiger partial charge in [0.05, 0.1) is 0 Å². The highest BCUT2D eigenvalue weighted by molar-refractivity contribution is 5.39. The van der Waals surface area contributed by atoms with Gasteiger partial charge in [-0.15, -0.1) is 0 Å². The van der Waals surface area contributed by atoms with Gasteiger partial charge in [-0.3, -0.25) is 4.68 Å². The van der Waals surface area contributed by atoms with E-state index < -0.39 is 0 Å². The molecule has 2 aromatic rings. The van der Waals surface area contributed by atoms with Gasteiger partial charge in [0.1, 0.15) is 5.82 Å². The first-order valence-electron chi connectivity index (χ1n) is 5.92. The summed E-state index contributed by atoms with van der Waals surface area (Å²) in [5, 5.41) is 4.39. The summed E-state index contributed by atoms with van der Waals surface area (Å²) >= 11 is 0. The topological polar surface area (TPSA) is 56.7 Å². The van der Waals surface area contributed by atoms with Gasteiger partial charge < -0.3 is 5.73 Å². The van der Waals surface area contributed by atoms with Gasteiger partial charge in [0.2, 0.25) is 0 Å². The predicted molar refractivity (Wildman–Crippen MR) is 68.7 cm³/mol. The Hall–Kier alpha value is -1.84. The highest BCUT2D eigenvalue weighted by Crippen LogP contribution is 2.10. The SMILES string of the molecule is CCCc1nc(Cc2ccc(N)cc2)n(C)n1. The van der Waals surface area contributed by atoms with Gasteiger partial charge in [0.15, 0.2) is 5.82 Å². The van der Waals surface area contributed by atoms with Crippen molar-refractivity contribution in [3.05, 3.63) is 41.5 Å². The van der Waals surface area contributed by atoms with E-state index in [1.807, 2.05) is 36.0 Å². The van der Waals surface area contributed by atoms with Crippen molar-refractivity contribution >= 4 is 5.69 Å². The van der Waals surface area contributed by atoms with Crippen LogP contribution in [0.1, 0.15) is 30.6 Å². The van der Waals surface area contributed by atoms with E-state index in [2.05, 4.69) is 17.0 Å². The Labute approximate surface area is 101 Å². The van der Waals surface area contributed by atoms with Crippen molar-refractivity contribution in [3.63, 3.8) is 0 Å². The van der Waals surface area contributed by atoms with Crippen LogP contribution < -0.4 is 5.73 Å². The van der Waals surface area contributed by atoms with Crippen LogP contribution in [0.15, 0.2) is 24.3 Å². The summed E-state index contributed by atoms with van der Waals surface area (Å²) in [4.78, 5) is 4.54. The number of hydrogen-bond acceptors (Lipinski definition) is 3. The number of nitrogen functional groups attached to an aromatic ring is 1. The van der Waals surface area contributed by atoms with Gasteiger partial charge in [-0.25, -0.2) is 4.98 Å². The Kier molecular flexibility index (Phi) is 3.42. The first-order valence-corrected chi connectivity index (χ1v) is 5.92. The van der Waals surface area contributed by atoms with E-state index >= 15 is 0 Å². The lowest BCUT2D eigenvalue weighted by molar-refractivity contribution is 0.701. The molecule has 0 fully saturated rings. The summed E-state index contributed by atoms with van der Waals surface area (Å²) < 4.78 is 1.86. The van der Waals surface area contributed by atoms with Crippen LogP contribution in [0, 0.1) is 0 Å². The molecule has 4 heteroatoms. The maximum Gasteiger partial charge on any atom is 0.150 e. The van der Waals surface area contributed by atoms with E-state index in [1.165, 1.54) is 5.56 Å². The monoisotopic (exact) mass is 230 g/mol. The first kappa shape index (κ1) is 11.6. The lowest BCUT2D eigenvalue weighted by Crippen LogP contribution is -2.00. The molecule has 0 spiro atoms. The van der Waals surface area contributed by atoms with Crippen LogP contribution in [0.2, 0.25) is 0 Å². The predicted octanol–water partition coefficient (Wildman–Crippen LogP) is 1.94. The van der Waals surface area contributed by atoms with E-state index in [-0.39, 0.29) is 0 Å². The third-order valence-electron chi connectivity index (χ3n) is 2.71. The van der Waals surface area contributed by atoms with Crippen molar-refractivity contribution < 1.29 is 0 Å². The number of nitrogens with zero attached hydrogens (tertiary/aromatic N) is 3. The van der Waals surface area contributed by atoms with E-state index in [0.717, 1.165) is 36.6 Å². The van der Waals surface area contributed by atoms with E-state index in [1.54, 1.807) is 0 Å². The Morgan fingerprint density at radius 3 is 2.59 bits per heavy atom. The molecule has 1 aromatic heterocycles. The highest BCUT2D eigenvalue weighted by atomic mass is 15.3. The van der Waals surface area contributed by atoms with Gasteiger partial charge in [-0.2, -0.15) is 5.10 Å². The smallest absolute Gasteiger partial charge is 0.150 e. The maximum atomic E-state index is 5.66. The number of rotatable bonds is 4. The molecule has 0 unspecified atom stereocenters. The quantitative estimate of drug-likeness (QED) is 0.817. The van der Waals surface area contributed by atoms with Gasteiger partial charge in [0, 0.05) is 25.6 Å². The molecule has 17 heavy (non-hydrogen) atoms. The molecule has 0 saturated carbocycles. The number of benzene rings is 1. The van der Waals surface area contributed by atoms with E-state index in [9.17, 15) is 0 Å². The molecule has 2 N–H and O–H groups in total. The Balaban J connectivity index is 2.15. The van der Waals surface area contributed by atoms with Crippen LogP contribution in [-0.4, -0.2) is 14.8 Å². The number of nitrogens with two attached hydrogens (primary N) is 1. The molecule has 2 rings (SSSR count). The summed E-state index contributed by atoms with van der Waals surface area (Å²) in [7, 11) is 1.94. The minimum absolute atomic E-state index is 0.790. The molecule has 0 aliphatic heterocycles. The molecule has 0 atom stereocenters. The molecule has 1 heterocycles. The van der Waals surface area contributed by atoms with Crippen LogP contribution in [-0.2, 0) is 19.9 Å².